The zero-order valence-electron chi connectivity index (χ0n) is 9.56. The molecule has 0 unspecified atom stereocenters. The monoisotopic (exact) mass is 214 g/mol. The van der Waals surface area contributed by atoms with Crippen molar-refractivity contribution in [1.29, 1.82) is 0 Å². The molecule has 1 aromatic rings. The van der Waals surface area contributed by atoms with Crippen molar-refractivity contribution in [2.75, 3.05) is 0 Å². The molecule has 0 bridgehead atoms. The van der Waals surface area contributed by atoms with Crippen LogP contribution in [-0.2, 0) is 0 Å². The number of hydrogen-bond donors (Lipinski definition) is 0. The molecule has 0 radical (unpaired) electrons. The lowest BCUT2D eigenvalue weighted by Gasteiger charge is -2.21. The fourth-order valence-corrected chi connectivity index (χ4v) is 1.93. The van der Waals surface area contributed by atoms with Crippen LogP contribution in [0.25, 0.3) is 6.08 Å². The predicted octanol–water partition coefficient (Wildman–Crippen LogP) is 4.21. The van der Waals surface area contributed by atoms with Crippen LogP contribution in [0, 0.1) is 0 Å². The summed E-state index contributed by atoms with van der Waals surface area (Å²) in [6.45, 7) is 3.73. The summed E-state index contributed by atoms with van der Waals surface area (Å²) in [7, 11) is 0. The van der Waals surface area contributed by atoms with Crippen molar-refractivity contribution in [3.63, 3.8) is 0 Å². The van der Waals surface area contributed by atoms with Crippen LogP contribution in [-0.4, -0.2) is 6.10 Å². The van der Waals surface area contributed by atoms with Crippen molar-refractivity contribution in [1.82, 2.24) is 0 Å². The highest BCUT2D eigenvalue weighted by Crippen LogP contribution is 2.26. The Hall–Kier alpha value is -1.50. The van der Waals surface area contributed by atoms with Crippen LogP contribution in [0.4, 0.5) is 0 Å². The van der Waals surface area contributed by atoms with E-state index < -0.39 is 0 Å². The van der Waals surface area contributed by atoms with Gasteiger partial charge in [0.25, 0.3) is 0 Å². The van der Waals surface area contributed by atoms with Crippen molar-refractivity contribution < 1.29 is 4.74 Å². The third-order valence-electron chi connectivity index (χ3n) is 2.83. The van der Waals surface area contributed by atoms with Gasteiger partial charge in [-0.1, -0.05) is 30.4 Å². The van der Waals surface area contributed by atoms with Gasteiger partial charge in [0.05, 0.1) is 0 Å². The molecule has 16 heavy (non-hydrogen) atoms. The lowest BCUT2D eigenvalue weighted by molar-refractivity contribution is 0.231. The Kier molecular flexibility index (Phi) is 3.81. The molecule has 0 saturated heterocycles. The second kappa shape index (κ2) is 5.55. The number of ether oxygens (including phenoxy) is 1. The molecule has 1 nitrogen and oxygen atoms in total. The molecule has 0 aliphatic carbocycles. The normalized spacial score (nSPS) is 17.6. The number of allylic oxidation sites excluding steroid dienone is 1. The van der Waals surface area contributed by atoms with Crippen molar-refractivity contribution in [2.24, 2.45) is 0 Å². The number of rotatable bonds is 5. The highest BCUT2D eigenvalue weighted by molar-refractivity contribution is 5.59. The van der Waals surface area contributed by atoms with Gasteiger partial charge < -0.3 is 4.74 Å². The van der Waals surface area contributed by atoms with Gasteiger partial charge in [0, 0.05) is 5.56 Å². The van der Waals surface area contributed by atoms with E-state index in [1.807, 2.05) is 24.3 Å². The minimum absolute atomic E-state index is 0.250. The van der Waals surface area contributed by atoms with Gasteiger partial charge in [0.15, 0.2) is 0 Å². The fraction of sp³-hybridized carbons (Fsp3) is 0.333. The summed E-state index contributed by atoms with van der Waals surface area (Å²) in [5.41, 5.74) is 1.19. The Balaban J connectivity index is 1.86. The lowest BCUT2D eigenvalue weighted by Crippen LogP contribution is -2.16. The average molecular weight is 214 g/mol. The van der Waals surface area contributed by atoms with E-state index in [1.54, 1.807) is 0 Å². The number of hydrogen-bond acceptors (Lipinski definition) is 1. The number of unbranched alkanes of at least 4 members (excludes halogenated alkanes) is 2. The Morgan fingerprint density at radius 2 is 2.12 bits per heavy atom. The summed E-state index contributed by atoms with van der Waals surface area (Å²) in [5, 5.41) is 0. The van der Waals surface area contributed by atoms with E-state index in [2.05, 4.69) is 24.8 Å². The molecule has 0 amide bonds. The number of benzene rings is 1. The summed E-state index contributed by atoms with van der Waals surface area (Å²) in [4.78, 5) is 0. The molecule has 0 N–H and O–H groups in total. The minimum Gasteiger partial charge on any atom is -0.486 e. The maximum atomic E-state index is 5.90. The highest BCUT2D eigenvalue weighted by Gasteiger charge is 2.12. The van der Waals surface area contributed by atoms with Crippen LogP contribution in [0.2, 0.25) is 0 Å². The van der Waals surface area contributed by atoms with Gasteiger partial charge in [-0.3, -0.25) is 0 Å². The van der Waals surface area contributed by atoms with Gasteiger partial charge in [0.1, 0.15) is 11.9 Å². The standard InChI is InChI=1S/C15H18O/c1-2-3-4-5-9-14-12-11-13-8-6-7-10-15(13)16-14/h2,6-8,10-12,14H,1,3-5,9H2/t14-/m0/s1. The molecule has 0 fully saturated rings. The summed E-state index contributed by atoms with van der Waals surface area (Å²) >= 11 is 0. The second-order valence-electron chi connectivity index (χ2n) is 4.13. The SMILES string of the molecule is C=CCCCC[C@H]1C=Cc2ccccc2O1. The molecule has 0 saturated carbocycles. The van der Waals surface area contributed by atoms with E-state index in [1.165, 1.54) is 18.4 Å². The van der Waals surface area contributed by atoms with Crippen LogP contribution in [0.15, 0.2) is 43.0 Å². The van der Waals surface area contributed by atoms with Gasteiger partial charge >= 0.3 is 0 Å². The molecule has 1 aromatic carbocycles. The van der Waals surface area contributed by atoms with Crippen LogP contribution >= 0.6 is 0 Å². The zero-order chi connectivity index (χ0) is 11.2. The first-order valence-electron chi connectivity index (χ1n) is 5.95. The summed E-state index contributed by atoms with van der Waals surface area (Å²) < 4.78 is 5.90. The highest BCUT2D eigenvalue weighted by atomic mass is 16.5. The zero-order valence-corrected chi connectivity index (χ0v) is 9.56. The van der Waals surface area contributed by atoms with Crippen molar-refractivity contribution >= 4 is 6.08 Å². The second-order valence-corrected chi connectivity index (χ2v) is 4.13. The molecule has 1 atom stereocenters. The molecule has 1 heteroatoms. The first-order valence-corrected chi connectivity index (χ1v) is 5.95. The van der Waals surface area contributed by atoms with E-state index in [0.29, 0.717) is 0 Å². The maximum Gasteiger partial charge on any atom is 0.127 e. The number of para-hydroxylation sites is 1. The van der Waals surface area contributed by atoms with E-state index in [0.717, 1.165) is 18.6 Å². The number of fused-ring (bicyclic) bond motifs is 1. The van der Waals surface area contributed by atoms with E-state index in [9.17, 15) is 0 Å². The van der Waals surface area contributed by atoms with Gasteiger partial charge in [-0.2, -0.15) is 0 Å². The van der Waals surface area contributed by atoms with Gasteiger partial charge in [-0.25, -0.2) is 0 Å². The van der Waals surface area contributed by atoms with Crippen LogP contribution in [0.1, 0.15) is 31.2 Å². The Morgan fingerprint density at radius 3 is 3.00 bits per heavy atom. The summed E-state index contributed by atoms with van der Waals surface area (Å²) in [6.07, 6.45) is 11.2. The van der Waals surface area contributed by atoms with Gasteiger partial charge in [-0.05, 0) is 37.8 Å². The van der Waals surface area contributed by atoms with E-state index >= 15 is 0 Å². The Bertz CT molecular complexity index is 379. The summed E-state index contributed by atoms with van der Waals surface area (Å²) in [5.74, 6) is 1.01. The van der Waals surface area contributed by atoms with Crippen LogP contribution in [0.5, 0.6) is 5.75 Å². The molecule has 0 spiro atoms. The lowest BCUT2D eigenvalue weighted by atomic mass is 10.1. The van der Waals surface area contributed by atoms with Crippen molar-refractivity contribution in [3.05, 3.63) is 48.6 Å². The first kappa shape index (κ1) is 11.0. The molecule has 2 rings (SSSR count). The van der Waals surface area contributed by atoms with E-state index in [-0.39, 0.29) is 6.10 Å². The predicted molar refractivity (Wildman–Crippen MR) is 68.6 cm³/mol. The minimum atomic E-state index is 0.250. The molecule has 84 valence electrons. The van der Waals surface area contributed by atoms with E-state index in [4.69, 9.17) is 4.74 Å². The first-order chi connectivity index (χ1) is 7.90. The van der Waals surface area contributed by atoms with Crippen molar-refractivity contribution in [2.45, 2.75) is 31.8 Å². The molecular weight excluding hydrogens is 196 g/mol. The molecule has 1 aliphatic rings. The van der Waals surface area contributed by atoms with Crippen LogP contribution < -0.4 is 4.74 Å². The third kappa shape index (κ3) is 2.75. The molecule has 1 heterocycles. The van der Waals surface area contributed by atoms with Gasteiger partial charge in [-0.15, -0.1) is 6.58 Å². The van der Waals surface area contributed by atoms with Crippen LogP contribution in [0.3, 0.4) is 0 Å². The molecule has 1 aliphatic heterocycles. The Labute approximate surface area is 97.4 Å². The smallest absolute Gasteiger partial charge is 0.127 e. The topological polar surface area (TPSA) is 9.23 Å². The average Bonchev–Trinajstić information content (AvgIpc) is 2.34. The molecular formula is C15H18O. The Morgan fingerprint density at radius 1 is 1.25 bits per heavy atom. The molecule has 0 aromatic heterocycles. The summed E-state index contributed by atoms with van der Waals surface area (Å²) in [6, 6.07) is 8.18. The van der Waals surface area contributed by atoms with Gasteiger partial charge in [0.2, 0.25) is 0 Å². The van der Waals surface area contributed by atoms with Crippen molar-refractivity contribution in [3.8, 4) is 5.75 Å². The quantitative estimate of drug-likeness (QED) is 0.527. The maximum absolute atomic E-state index is 5.90. The fourth-order valence-electron chi connectivity index (χ4n) is 1.93. The third-order valence-corrected chi connectivity index (χ3v) is 2.83. The largest absolute Gasteiger partial charge is 0.486 e.